The fourth-order valence-corrected chi connectivity index (χ4v) is 2.33. The zero-order valence-corrected chi connectivity index (χ0v) is 11.6. The molecule has 7 nitrogen and oxygen atoms in total. The molecule has 2 amide bonds. The summed E-state index contributed by atoms with van der Waals surface area (Å²) in [6.45, 7) is 0.544. The highest BCUT2D eigenvalue weighted by atomic mass is 16.4. The van der Waals surface area contributed by atoms with Gasteiger partial charge in [-0.05, 0) is 30.9 Å². The second-order valence-corrected chi connectivity index (χ2v) is 5.34. The lowest BCUT2D eigenvalue weighted by Crippen LogP contribution is -2.41. The minimum absolute atomic E-state index is 0.218. The number of carboxylic acid groups (broad SMARTS) is 1. The number of amides is 2. The average Bonchev–Trinajstić information content (AvgIpc) is 2.36. The molecule has 0 heterocycles. The minimum atomic E-state index is -1.23. The number of urea groups is 1. The SMILES string of the molecule is CN(CC1CC(O)C1)C(=O)Nc1ccc(C(=O)O)c(O)c1. The summed E-state index contributed by atoms with van der Waals surface area (Å²) in [6.07, 6.45) is 1.14. The van der Waals surface area contributed by atoms with E-state index in [9.17, 15) is 19.8 Å². The average molecular weight is 294 g/mol. The Morgan fingerprint density at radius 1 is 1.38 bits per heavy atom. The summed E-state index contributed by atoms with van der Waals surface area (Å²) in [4.78, 5) is 24.2. The van der Waals surface area contributed by atoms with Gasteiger partial charge in [0, 0.05) is 25.3 Å². The van der Waals surface area contributed by atoms with Crippen LogP contribution in [0.4, 0.5) is 10.5 Å². The van der Waals surface area contributed by atoms with Gasteiger partial charge in [-0.3, -0.25) is 0 Å². The predicted molar refractivity (Wildman–Crippen MR) is 75.4 cm³/mol. The molecule has 1 aliphatic carbocycles. The molecule has 0 aromatic heterocycles. The molecule has 0 unspecified atom stereocenters. The molecule has 2 rings (SSSR count). The van der Waals surface area contributed by atoms with Crippen molar-refractivity contribution in [1.29, 1.82) is 0 Å². The van der Waals surface area contributed by atoms with Crippen LogP contribution in [0.5, 0.6) is 5.75 Å². The lowest BCUT2D eigenvalue weighted by molar-refractivity contribution is 0.0332. The number of phenols is 1. The van der Waals surface area contributed by atoms with E-state index < -0.39 is 11.7 Å². The van der Waals surface area contributed by atoms with Crippen molar-refractivity contribution in [3.05, 3.63) is 23.8 Å². The first-order valence-corrected chi connectivity index (χ1v) is 6.63. The molecule has 1 fully saturated rings. The van der Waals surface area contributed by atoms with Crippen molar-refractivity contribution in [1.82, 2.24) is 4.90 Å². The lowest BCUT2D eigenvalue weighted by atomic mass is 9.82. The fraction of sp³-hybridized carbons (Fsp3) is 0.429. The summed E-state index contributed by atoms with van der Waals surface area (Å²) >= 11 is 0. The number of carbonyl (C=O) groups excluding carboxylic acids is 1. The molecule has 1 aromatic rings. The summed E-state index contributed by atoms with van der Waals surface area (Å²) in [5.41, 5.74) is 0.104. The van der Waals surface area contributed by atoms with E-state index in [-0.39, 0.29) is 17.7 Å². The van der Waals surface area contributed by atoms with Crippen LogP contribution in [-0.4, -0.2) is 51.9 Å². The fourth-order valence-electron chi connectivity index (χ4n) is 2.33. The highest BCUT2D eigenvalue weighted by Crippen LogP contribution is 2.28. The molecule has 1 aromatic carbocycles. The van der Waals surface area contributed by atoms with Crippen molar-refractivity contribution in [3.8, 4) is 5.75 Å². The number of aliphatic hydroxyl groups is 1. The molecule has 0 spiro atoms. The number of nitrogens with zero attached hydrogens (tertiary/aromatic N) is 1. The number of rotatable bonds is 4. The summed E-state index contributed by atoms with van der Waals surface area (Å²) < 4.78 is 0. The Labute approximate surface area is 121 Å². The highest BCUT2D eigenvalue weighted by molar-refractivity contribution is 5.93. The van der Waals surface area contributed by atoms with Gasteiger partial charge < -0.3 is 25.5 Å². The molecule has 1 saturated carbocycles. The molecular weight excluding hydrogens is 276 g/mol. The van der Waals surface area contributed by atoms with E-state index in [0.717, 1.165) is 0 Å². The summed E-state index contributed by atoms with van der Waals surface area (Å²) in [7, 11) is 1.64. The number of carboxylic acids is 1. The molecule has 4 N–H and O–H groups in total. The van der Waals surface area contributed by atoms with Gasteiger partial charge in [-0.1, -0.05) is 0 Å². The van der Waals surface area contributed by atoms with Crippen molar-refractivity contribution in [2.24, 2.45) is 5.92 Å². The smallest absolute Gasteiger partial charge is 0.339 e. The van der Waals surface area contributed by atoms with E-state index in [1.54, 1.807) is 7.05 Å². The largest absolute Gasteiger partial charge is 0.507 e. The number of benzene rings is 1. The van der Waals surface area contributed by atoms with Crippen LogP contribution in [0.15, 0.2) is 18.2 Å². The standard InChI is InChI=1S/C14H18N2O5/c1-16(7-8-4-10(17)5-8)14(21)15-9-2-3-11(13(19)20)12(18)6-9/h2-3,6,8,10,17-18H,4-5,7H2,1H3,(H,15,21)(H,19,20). The van der Waals surface area contributed by atoms with Crippen LogP contribution < -0.4 is 5.32 Å². The lowest BCUT2D eigenvalue weighted by Gasteiger charge is -2.34. The first kappa shape index (κ1) is 15.1. The van der Waals surface area contributed by atoms with E-state index in [0.29, 0.717) is 31.0 Å². The molecular formula is C14H18N2O5. The molecule has 0 atom stereocenters. The number of aromatic carboxylic acids is 1. The van der Waals surface area contributed by atoms with Crippen molar-refractivity contribution < 1.29 is 24.9 Å². The first-order chi connectivity index (χ1) is 9.86. The Kier molecular flexibility index (Phi) is 4.32. The quantitative estimate of drug-likeness (QED) is 0.669. The van der Waals surface area contributed by atoms with E-state index in [4.69, 9.17) is 5.11 Å². The van der Waals surface area contributed by atoms with Gasteiger partial charge in [0.25, 0.3) is 0 Å². The number of anilines is 1. The van der Waals surface area contributed by atoms with Crippen LogP contribution in [0.25, 0.3) is 0 Å². The van der Waals surface area contributed by atoms with Gasteiger partial charge in [-0.2, -0.15) is 0 Å². The maximum absolute atomic E-state index is 12.0. The normalized spacial score (nSPS) is 20.5. The number of aliphatic hydroxyl groups excluding tert-OH is 1. The van der Waals surface area contributed by atoms with E-state index in [1.807, 2.05) is 0 Å². The van der Waals surface area contributed by atoms with Crippen LogP contribution in [0, 0.1) is 5.92 Å². The van der Waals surface area contributed by atoms with Crippen molar-refractivity contribution in [2.45, 2.75) is 18.9 Å². The monoisotopic (exact) mass is 294 g/mol. The maximum Gasteiger partial charge on any atom is 0.339 e. The Balaban J connectivity index is 1.92. The molecule has 0 radical (unpaired) electrons. The second kappa shape index (κ2) is 6.01. The van der Waals surface area contributed by atoms with E-state index >= 15 is 0 Å². The number of carbonyl (C=O) groups is 2. The Morgan fingerprint density at radius 3 is 2.57 bits per heavy atom. The topological polar surface area (TPSA) is 110 Å². The summed E-state index contributed by atoms with van der Waals surface area (Å²) in [5, 5.41) is 30.2. The van der Waals surface area contributed by atoms with E-state index in [2.05, 4.69) is 5.32 Å². The number of aromatic hydroxyl groups is 1. The third kappa shape index (κ3) is 3.63. The van der Waals surface area contributed by atoms with Crippen molar-refractivity contribution in [2.75, 3.05) is 18.9 Å². The maximum atomic E-state index is 12.0. The zero-order chi connectivity index (χ0) is 15.6. The van der Waals surface area contributed by atoms with Gasteiger partial charge in [-0.25, -0.2) is 9.59 Å². The Bertz CT molecular complexity index is 554. The second-order valence-electron chi connectivity index (χ2n) is 5.34. The molecule has 21 heavy (non-hydrogen) atoms. The third-order valence-electron chi connectivity index (χ3n) is 3.57. The zero-order valence-electron chi connectivity index (χ0n) is 11.6. The van der Waals surface area contributed by atoms with Crippen LogP contribution in [-0.2, 0) is 0 Å². The van der Waals surface area contributed by atoms with Crippen LogP contribution in [0.1, 0.15) is 23.2 Å². The molecule has 0 bridgehead atoms. The van der Waals surface area contributed by atoms with E-state index in [1.165, 1.54) is 23.1 Å². The minimum Gasteiger partial charge on any atom is -0.507 e. The van der Waals surface area contributed by atoms with Gasteiger partial charge in [0.15, 0.2) is 0 Å². The number of hydrogen-bond donors (Lipinski definition) is 4. The predicted octanol–water partition coefficient (Wildman–Crippen LogP) is 1.33. The first-order valence-electron chi connectivity index (χ1n) is 6.63. The van der Waals surface area contributed by atoms with Crippen molar-refractivity contribution >= 4 is 17.7 Å². The molecule has 0 saturated heterocycles. The Morgan fingerprint density at radius 2 is 2.05 bits per heavy atom. The third-order valence-corrected chi connectivity index (χ3v) is 3.57. The van der Waals surface area contributed by atoms with Gasteiger partial charge >= 0.3 is 12.0 Å². The summed E-state index contributed by atoms with van der Waals surface area (Å²) in [6, 6.07) is 3.50. The van der Waals surface area contributed by atoms with Gasteiger partial charge in [-0.15, -0.1) is 0 Å². The van der Waals surface area contributed by atoms with Gasteiger partial charge in [0.1, 0.15) is 11.3 Å². The Hall–Kier alpha value is -2.28. The molecule has 7 heteroatoms. The molecule has 0 aliphatic heterocycles. The van der Waals surface area contributed by atoms with Crippen molar-refractivity contribution in [3.63, 3.8) is 0 Å². The highest BCUT2D eigenvalue weighted by Gasteiger charge is 2.29. The molecule has 1 aliphatic rings. The van der Waals surface area contributed by atoms with Gasteiger partial charge in [0.2, 0.25) is 0 Å². The number of nitrogens with one attached hydrogen (secondary N) is 1. The van der Waals surface area contributed by atoms with Gasteiger partial charge in [0.05, 0.1) is 6.10 Å². The van der Waals surface area contributed by atoms with Crippen LogP contribution in [0.2, 0.25) is 0 Å². The molecule has 114 valence electrons. The van der Waals surface area contributed by atoms with Crippen LogP contribution >= 0.6 is 0 Å². The summed E-state index contributed by atoms with van der Waals surface area (Å²) in [5.74, 6) is -1.32. The van der Waals surface area contributed by atoms with Crippen LogP contribution in [0.3, 0.4) is 0 Å². The number of hydrogen-bond acceptors (Lipinski definition) is 4.